The van der Waals surface area contributed by atoms with Gasteiger partial charge in [-0.1, -0.05) is 35.0 Å². The van der Waals surface area contributed by atoms with Crippen LogP contribution in [0.4, 0.5) is 0 Å². The lowest BCUT2D eigenvalue weighted by Crippen LogP contribution is -2.24. The number of nitrogens with one attached hydrogen (secondary N) is 2. The first-order valence-corrected chi connectivity index (χ1v) is 9.65. The number of amides is 1. The highest BCUT2D eigenvalue weighted by molar-refractivity contribution is 9.10. The first kappa shape index (κ1) is 19.8. The zero-order valence-electron chi connectivity index (χ0n) is 15.2. The minimum Gasteiger partial charge on any atom is -0.503 e. The molecule has 1 heterocycles. The molecule has 1 amide bonds. The minimum atomic E-state index is -0.577. The van der Waals surface area contributed by atoms with Crippen LogP contribution < -0.4 is 10.7 Å². The van der Waals surface area contributed by atoms with E-state index in [9.17, 15) is 19.5 Å². The highest BCUT2D eigenvalue weighted by atomic mass is 79.9. The van der Waals surface area contributed by atoms with Gasteiger partial charge in [0.1, 0.15) is 0 Å². The minimum absolute atomic E-state index is 0.119. The maximum absolute atomic E-state index is 12.5. The molecule has 0 spiro atoms. The summed E-state index contributed by atoms with van der Waals surface area (Å²) in [6, 6.07) is 11.5. The Hall–Kier alpha value is -2.93. The van der Waals surface area contributed by atoms with Crippen LogP contribution in [0.5, 0.6) is 5.75 Å². The van der Waals surface area contributed by atoms with Crippen molar-refractivity contribution in [2.24, 2.45) is 0 Å². The maximum atomic E-state index is 12.5. The normalized spacial score (nSPS) is 10.8. The highest BCUT2D eigenvalue weighted by Crippen LogP contribution is 2.20. The van der Waals surface area contributed by atoms with Gasteiger partial charge in [-0.05, 0) is 36.8 Å². The summed E-state index contributed by atoms with van der Waals surface area (Å²) < 4.78 is 0.761. The lowest BCUT2D eigenvalue weighted by Gasteiger charge is -2.09. The Morgan fingerprint density at radius 1 is 1.14 bits per heavy atom. The van der Waals surface area contributed by atoms with E-state index in [1.165, 1.54) is 12.1 Å². The topological polar surface area (TPSA) is 99.3 Å². The third kappa shape index (κ3) is 4.14. The monoisotopic (exact) mass is 442 g/mol. The van der Waals surface area contributed by atoms with E-state index in [0.29, 0.717) is 23.2 Å². The van der Waals surface area contributed by atoms with Crippen LogP contribution in [0.2, 0.25) is 0 Å². The lowest BCUT2D eigenvalue weighted by molar-refractivity contribution is 0.0952. The molecule has 28 heavy (non-hydrogen) atoms. The molecule has 144 valence electrons. The number of ketones is 1. The zero-order chi connectivity index (χ0) is 20.3. The molecule has 3 rings (SSSR count). The van der Waals surface area contributed by atoms with Crippen molar-refractivity contribution in [3.8, 4) is 5.75 Å². The molecule has 0 bridgehead atoms. The van der Waals surface area contributed by atoms with Crippen molar-refractivity contribution in [1.29, 1.82) is 0 Å². The number of hydrogen-bond donors (Lipinski definition) is 3. The van der Waals surface area contributed by atoms with Gasteiger partial charge in [0.25, 0.3) is 5.91 Å². The number of H-pyrrole nitrogens is 1. The van der Waals surface area contributed by atoms with E-state index in [1.54, 1.807) is 30.3 Å². The fraction of sp³-hybridized carbons (Fsp3) is 0.190. The maximum Gasteiger partial charge on any atom is 0.251 e. The second-order valence-electron chi connectivity index (χ2n) is 6.41. The summed E-state index contributed by atoms with van der Waals surface area (Å²) >= 11 is 3.32. The van der Waals surface area contributed by atoms with E-state index >= 15 is 0 Å². The molecule has 0 aliphatic rings. The first-order valence-electron chi connectivity index (χ1n) is 8.85. The average Bonchev–Trinajstić information content (AvgIpc) is 2.69. The van der Waals surface area contributed by atoms with Gasteiger partial charge in [0.05, 0.1) is 17.6 Å². The second kappa shape index (κ2) is 8.39. The van der Waals surface area contributed by atoms with E-state index in [2.05, 4.69) is 26.2 Å². The van der Waals surface area contributed by atoms with Gasteiger partial charge in [-0.25, -0.2) is 0 Å². The molecule has 0 saturated heterocycles. The molecule has 0 radical (unpaired) electrons. The van der Waals surface area contributed by atoms with E-state index in [4.69, 9.17) is 0 Å². The summed E-state index contributed by atoms with van der Waals surface area (Å²) in [5.74, 6) is -0.980. The molecule has 0 fully saturated rings. The third-order valence-corrected chi connectivity index (χ3v) is 4.83. The number of pyridine rings is 1. The summed E-state index contributed by atoms with van der Waals surface area (Å²) in [5.41, 5.74) is 0.790. The Balaban J connectivity index is 1.98. The van der Waals surface area contributed by atoms with Crippen molar-refractivity contribution in [3.05, 3.63) is 74.0 Å². The number of hydrogen-bond acceptors (Lipinski definition) is 4. The number of halogens is 1. The first-order chi connectivity index (χ1) is 13.4. The number of aromatic nitrogens is 1. The molecule has 0 atom stereocenters. The number of aromatic amines is 1. The summed E-state index contributed by atoms with van der Waals surface area (Å²) in [7, 11) is 0. The predicted molar refractivity (Wildman–Crippen MR) is 111 cm³/mol. The van der Waals surface area contributed by atoms with Gasteiger partial charge in [-0.2, -0.15) is 0 Å². The van der Waals surface area contributed by atoms with Gasteiger partial charge in [0.2, 0.25) is 5.43 Å². The highest BCUT2D eigenvalue weighted by Gasteiger charge is 2.16. The van der Waals surface area contributed by atoms with Crippen molar-refractivity contribution in [3.63, 3.8) is 0 Å². The van der Waals surface area contributed by atoms with E-state index < -0.39 is 11.2 Å². The number of carbonyl (C=O) groups excluding carboxylic acids is 2. The fourth-order valence-corrected chi connectivity index (χ4v) is 3.27. The van der Waals surface area contributed by atoms with Crippen LogP contribution in [0, 0.1) is 0 Å². The molecule has 7 heteroatoms. The van der Waals surface area contributed by atoms with Crippen LogP contribution in [-0.2, 0) is 6.42 Å². The zero-order valence-corrected chi connectivity index (χ0v) is 16.8. The number of benzene rings is 2. The van der Waals surface area contributed by atoms with Crippen LogP contribution >= 0.6 is 15.9 Å². The van der Waals surface area contributed by atoms with Gasteiger partial charge in [0.15, 0.2) is 11.5 Å². The molecule has 3 N–H and O–H groups in total. The number of carbonyl (C=O) groups is 2. The molecule has 0 unspecified atom stereocenters. The largest absolute Gasteiger partial charge is 0.503 e. The van der Waals surface area contributed by atoms with Gasteiger partial charge in [0, 0.05) is 27.5 Å². The number of fused-ring (bicyclic) bond motifs is 1. The number of rotatable bonds is 6. The average molecular weight is 443 g/mol. The molecular formula is C21H19BrN2O4. The van der Waals surface area contributed by atoms with E-state index in [-0.39, 0.29) is 29.2 Å². The Bertz CT molecular complexity index is 1120. The van der Waals surface area contributed by atoms with Gasteiger partial charge >= 0.3 is 0 Å². The second-order valence-corrected chi connectivity index (χ2v) is 7.32. The van der Waals surface area contributed by atoms with Crippen molar-refractivity contribution < 1.29 is 14.7 Å². The lowest BCUT2D eigenvalue weighted by atomic mass is 10.0. The molecule has 0 saturated carbocycles. The van der Waals surface area contributed by atoms with E-state index in [1.807, 2.05) is 6.92 Å². The molecular weight excluding hydrogens is 424 g/mol. The quantitative estimate of drug-likeness (QED) is 0.508. The predicted octanol–water partition coefficient (Wildman–Crippen LogP) is 3.56. The van der Waals surface area contributed by atoms with Crippen LogP contribution in [0.1, 0.15) is 39.8 Å². The van der Waals surface area contributed by atoms with Crippen molar-refractivity contribution in [2.75, 3.05) is 6.54 Å². The molecule has 6 nitrogen and oxygen atoms in total. The van der Waals surface area contributed by atoms with Crippen molar-refractivity contribution >= 4 is 38.5 Å². The number of Topliss-reactive ketones (excluding diaryl/α,β-unsaturated/α-hetero) is 1. The van der Waals surface area contributed by atoms with E-state index in [0.717, 1.165) is 10.9 Å². The summed E-state index contributed by atoms with van der Waals surface area (Å²) in [5, 5.41) is 13.3. The number of aromatic hydroxyl groups is 1. The molecule has 2 aromatic carbocycles. The summed E-state index contributed by atoms with van der Waals surface area (Å²) in [4.78, 5) is 40.1. The van der Waals surface area contributed by atoms with Gasteiger partial charge in [-0.3, -0.25) is 14.4 Å². The Labute approximate surface area is 169 Å². The fourth-order valence-electron chi connectivity index (χ4n) is 2.87. The summed E-state index contributed by atoms with van der Waals surface area (Å²) in [6.45, 7) is 2.50. The Kier molecular flexibility index (Phi) is 5.94. The SMILES string of the molecule is CCCNC(=O)c1ccc2c(=O)c(O)c(CC(=O)c3cccc(Br)c3)[nH]c2c1. The Morgan fingerprint density at radius 2 is 1.93 bits per heavy atom. The van der Waals surface area contributed by atoms with Crippen molar-refractivity contribution in [2.45, 2.75) is 19.8 Å². The van der Waals surface area contributed by atoms with Crippen molar-refractivity contribution in [1.82, 2.24) is 10.3 Å². The standard InChI is InChI=1S/C21H19BrN2O4/c1-2-8-23-21(28)13-6-7-15-16(10-13)24-17(20(27)19(15)26)11-18(25)12-4-3-5-14(22)9-12/h3-7,9-10,27H,2,8,11H2,1H3,(H,23,28)(H,24,26). The van der Waals surface area contributed by atoms with Gasteiger partial charge in [-0.15, -0.1) is 0 Å². The molecule has 0 aliphatic carbocycles. The smallest absolute Gasteiger partial charge is 0.251 e. The molecule has 1 aromatic heterocycles. The van der Waals surface area contributed by atoms with Crippen LogP contribution in [0.25, 0.3) is 10.9 Å². The van der Waals surface area contributed by atoms with Crippen LogP contribution in [-0.4, -0.2) is 28.3 Å². The van der Waals surface area contributed by atoms with Gasteiger partial charge < -0.3 is 15.4 Å². The molecule has 3 aromatic rings. The third-order valence-electron chi connectivity index (χ3n) is 4.33. The summed E-state index contributed by atoms with van der Waals surface area (Å²) in [6.07, 6.45) is 0.644. The van der Waals surface area contributed by atoms with Crippen LogP contribution in [0.3, 0.4) is 0 Å². The van der Waals surface area contributed by atoms with Crippen LogP contribution in [0.15, 0.2) is 51.7 Å². The molecule has 0 aliphatic heterocycles. The Morgan fingerprint density at radius 3 is 2.64 bits per heavy atom.